The maximum absolute atomic E-state index is 12.7. The Morgan fingerprint density at radius 3 is 2.57 bits per heavy atom. The number of methoxy groups -OCH3 is 1. The molecule has 1 N–H and O–H groups in total. The van der Waals surface area contributed by atoms with Crippen LogP contribution in [0.15, 0.2) is 48.5 Å². The Hall–Kier alpha value is -2.33. The second-order valence-corrected chi connectivity index (χ2v) is 8.23. The summed E-state index contributed by atoms with van der Waals surface area (Å²) in [6.45, 7) is 2.95. The molecule has 2 aliphatic heterocycles. The first-order valence-corrected chi connectivity index (χ1v) is 10.4. The fourth-order valence-corrected chi connectivity index (χ4v) is 4.94. The number of amides is 1. The Bertz CT molecular complexity index is 821. The van der Waals surface area contributed by atoms with E-state index >= 15 is 0 Å². The average molecular weight is 379 g/mol. The van der Waals surface area contributed by atoms with Gasteiger partial charge in [-0.15, -0.1) is 0 Å². The van der Waals surface area contributed by atoms with Gasteiger partial charge >= 0.3 is 0 Å². The van der Waals surface area contributed by atoms with E-state index in [0.717, 1.165) is 36.3 Å². The Labute approximate surface area is 167 Å². The summed E-state index contributed by atoms with van der Waals surface area (Å²) in [5, 5.41) is 3.31. The Balaban J connectivity index is 1.44. The van der Waals surface area contributed by atoms with Crippen molar-refractivity contribution in [3.8, 4) is 5.75 Å². The average Bonchev–Trinajstić information content (AvgIpc) is 2.69. The number of fused-ring (bicyclic) bond motifs is 2. The number of para-hydroxylation sites is 1. The standard InChI is InChI=1S/C24H30N2O2/c1-17-7-5-9-18(13-17)24(27)25-20-14-21-10-6-11-22(15-20)26(21)16-19-8-3-4-12-23(19)28-2/h3-5,7-9,12-13,20-22H,6,10-11,14-16H2,1-2H3,(H,25,27)/t20?,21-,22+. The molecule has 2 aromatic carbocycles. The Kier molecular flexibility index (Phi) is 5.67. The zero-order chi connectivity index (χ0) is 19.5. The lowest BCUT2D eigenvalue weighted by atomic mass is 9.81. The third kappa shape index (κ3) is 4.07. The third-order valence-corrected chi connectivity index (χ3v) is 6.29. The van der Waals surface area contributed by atoms with E-state index in [1.165, 1.54) is 24.8 Å². The molecule has 4 heteroatoms. The van der Waals surface area contributed by atoms with E-state index in [4.69, 9.17) is 4.74 Å². The van der Waals surface area contributed by atoms with Gasteiger partial charge in [0.05, 0.1) is 7.11 Å². The molecule has 2 fully saturated rings. The van der Waals surface area contributed by atoms with Gasteiger partial charge in [0.2, 0.25) is 0 Å². The van der Waals surface area contributed by atoms with Crippen LogP contribution < -0.4 is 10.1 Å². The van der Waals surface area contributed by atoms with Crippen molar-refractivity contribution in [3.63, 3.8) is 0 Å². The van der Waals surface area contributed by atoms with Gasteiger partial charge in [0.1, 0.15) is 5.75 Å². The molecule has 2 aromatic rings. The molecule has 3 atom stereocenters. The molecule has 0 radical (unpaired) electrons. The van der Waals surface area contributed by atoms with Gasteiger partial charge in [-0.3, -0.25) is 9.69 Å². The van der Waals surface area contributed by atoms with Gasteiger partial charge in [0.15, 0.2) is 0 Å². The molecule has 2 aliphatic rings. The van der Waals surface area contributed by atoms with E-state index in [-0.39, 0.29) is 11.9 Å². The summed E-state index contributed by atoms with van der Waals surface area (Å²) in [5.74, 6) is 1.03. The summed E-state index contributed by atoms with van der Waals surface area (Å²) in [6.07, 6.45) is 5.77. The van der Waals surface area contributed by atoms with E-state index in [1.807, 2.05) is 43.3 Å². The molecule has 0 aromatic heterocycles. The molecule has 1 unspecified atom stereocenters. The first kappa shape index (κ1) is 19.0. The van der Waals surface area contributed by atoms with Crippen LogP contribution in [0.2, 0.25) is 0 Å². The normalized spacial score (nSPS) is 24.6. The second-order valence-electron chi connectivity index (χ2n) is 8.23. The summed E-state index contributed by atoms with van der Waals surface area (Å²) < 4.78 is 5.56. The molecule has 4 rings (SSSR count). The molecule has 1 amide bonds. The monoisotopic (exact) mass is 378 g/mol. The number of nitrogens with zero attached hydrogens (tertiary/aromatic N) is 1. The first-order chi connectivity index (χ1) is 13.6. The Morgan fingerprint density at radius 1 is 1.11 bits per heavy atom. The van der Waals surface area contributed by atoms with Crippen LogP contribution in [0.3, 0.4) is 0 Å². The number of benzene rings is 2. The van der Waals surface area contributed by atoms with Crippen LogP contribution in [-0.4, -0.2) is 36.0 Å². The van der Waals surface area contributed by atoms with Crippen molar-refractivity contribution in [2.75, 3.05) is 7.11 Å². The van der Waals surface area contributed by atoms with Crippen molar-refractivity contribution in [3.05, 3.63) is 65.2 Å². The summed E-state index contributed by atoms with van der Waals surface area (Å²) in [5.41, 5.74) is 3.14. The van der Waals surface area contributed by atoms with Crippen molar-refractivity contribution in [2.45, 2.75) is 63.7 Å². The summed E-state index contributed by atoms with van der Waals surface area (Å²) in [6, 6.07) is 17.5. The molecule has 4 nitrogen and oxygen atoms in total. The minimum atomic E-state index is 0.0601. The van der Waals surface area contributed by atoms with E-state index in [0.29, 0.717) is 12.1 Å². The topological polar surface area (TPSA) is 41.6 Å². The minimum absolute atomic E-state index is 0.0601. The SMILES string of the molecule is COc1ccccc1CN1[C@@H]2CCC[C@H]1CC(NC(=O)c1cccc(C)c1)C2. The van der Waals surface area contributed by atoms with E-state index in [9.17, 15) is 4.79 Å². The summed E-state index contributed by atoms with van der Waals surface area (Å²) in [7, 11) is 1.74. The summed E-state index contributed by atoms with van der Waals surface area (Å²) in [4.78, 5) is 15.3. The van der Waals surface area contributed by atoms with Crippen LogP contribution in [0.1, 0.15) is 53.6 Å². The summed E-state index contributed by atoms with van der Waals surface area (Å²) >= 11 is 0. The largest absolute Gasteiger partial charge is 0.496 e. The van der Waals surface area contributed by atoms with Gasteiger partial charge in [-0.05, 0) is 50.8 Å². The lowest BCUT2D eigenvalue weighted by molar-refractivity contribution is 0.0172. The van der Waals surface area contributed by atoms with Crippen molar-refractivity contribution >= 4 is 5.91 Å². The van der Waals surface area contributed by atoms with Crippen LogP contribution in [0.5, 0.6) is 5.75 Å². The van der Waals surface area contributed by atoms with E-state index < -0.39 is 0 Å². The zero-order valence-corrected chi connectivity index (χ0v) is 16.9. The minimum Gasteiger partial charge on any atom is -0.496 e. The van der Waals surface area contributed by atoms with Crippen LogP contribution in [-0.2, 0) is 6.54 Å². The van der Waals surface area contributed by atoms with Crippen LogP contribution in [0, 0.1) is 6.92 Å². The number of nitrogens with one attached hydrogen (secondary N) is 1. The number of carbonyl (C=O) groups excluding carboxylic acids is 1. The predicted octanol–water partition coefficient (Wildman–Crippen LogP) is 4.32. The molecule has 2 heterocycles. The number of ether oxygens (including phenoxy) is 1. The van der Waals surface area contributed by atoms with Gasteiger partial charge in [-0.1, -0.05) is 42.3 Å². The highest BCUT2D eigenvalue weighted by molar-refractivity contribution is 5.94. The fourth-order valence-electron chi connectivity index (χ4n) is 4.94. The molecule has 0 aliphatic carbocycles. The van der Waals surface area contributed by atoms with Gasteiger partial charge in [0.25, 0.3) is 5.91 Å². The zero-order valence-electron chi connectivity index (χ0n) is 16.9. The van der Waals surface area contributed by atoms with Crippen molar-refractivity contribution in [2.24, 2.45) is 0 Å². The van der Waals surface area contributed by atoms with Gasteiger partial charge in [-0.25, -0.2) is 0 Å². The number of hydrogen-bond donors (Lipinski definition) is 1. The predicted molar refractivity (Wildman–Crippen MR) is 112 cm³/mol. The van der Waals surface area contributed by atoms with Gasteiger partial charge in [-0.2, -0.15) is 0 Å². The third-order valence-electron chi connectivity index (χ3n) is 6.29. The van der Waals surface area contributed by atoms with Crippen molar-refractivity contribution in [1.82, 2.24) is 10.2 Å². The highest BCUT2D eigenvalue weighted by Crippen LogP contribution is 2.36. The number of hydrogen-bond acceptors (Lipinski definition) is 3. The molecule has 148 valence electrons. The fraction of sp³-hybridized carbons (Fsp3) is 0.458. The quantitative estimate of drug-likeness (QED) is 0.842. The first-order valence-electron chi connectivity index (χ1n) is 10.4. The van der Waals surface area contributed by atoms with Crippen LogP contribution >= 0.6 is 0 Å². The van der Waals surface area contributed by atoms with Gasteiger partial charge < -0.3 is 10.1 Å². The molecular formula is C24H30N2O2. The molecule has 2 saturated heterocycles. The smallest absolute Gasteiger partial charge is 0.251 e. The number of carbonyl (C=O) groups is 1. The highest BCUT2D eigenvalue weighted by Gasteiger charge is 2.38. The lowest BCUT2D eigenvalue weighted by Crippen LogP contribution is -2.56. The second kappa shape index (κ2) is 8.36. The Morgan fingerprint density at radius 2 is 1.86 bits per heavy atom. The number of rotatable bonds is 5. The maximum Gasteiger partial charge on any atom is 0.251 e. The molecular weight excluding hydrogens is 348 g/mol. The number of piperidine rings is 2. The van der Waals surface area contributed by atoms with E-state index in [1.54, 1.807) is 7.11 Å². The van der Waals surface area contributed by atoms with Crippen molar-refractivity contribution in [1.29, 1.82) is 0 Å². The molecule has 0 saturated carbocycles. The van der Waals surface area contributed by atoms with E-state index in [2.05, 4.69) is 22.3 Å². The van der Waals surface area contributed by atoms with Crippen molar-refractivity contribution < 1.29 is 9.53 Å². The maximum atomic E-state index is 12.7. The molecule has 0 spiro atoms. The number of aryl methyl sites for hydroxylation is 1. The molecule has 28 heavy (non-hydrogen) atoms. The van der Waals surface area contributed by atoms with Crippen LogP contribution in [0.25, 0.3) is 0 Å². The highest BCUT2D eigenvalue weighted by atomic mass is 16.5. The van der Waals surface area contributed by atoms with Crippen LogP contribution in [0.4, 0.5) is 0 Å². The lowest BCUT2D eigenvalue weighted by Gasteiger charge is -2.49. The molecule has 2 bridgehead atoms. The van der Waals surface area contributed by atoms with Gasteiger partial charge in [0, 0.05) is 35.8 Å².